The second-order valence-electron chi connectivity index (χ2n) is 6.18. The molecule has 8 nitrogen and oxygen atoms in total. The first-order valence-corrected chi connectivity index (χ1v) is 10.5. The Morgan fingerprint density at radius 1 is 1.10 bits per heavy atom. The Morgan fingerprint density at radius 2 is 1.80 bits per heavy atom. The Morgan fingerprint density at radius 3 is 2.47 bits per heavy atom. The van der Waals surface area contributed by atoms with E-state index >= 15 is 0 Å². The maximum atomic E-state index is 14.2. The number of aryl methyl sites for hydroxylation is 1. The van der Waals surface area contributed by atoms with Crippen molar-refractivity contribution in [3.63, 3.8) is 0 Å². The third-order valence-corrected chi connectivity index (χ3v) is 6.02. The zero-order valence-corrected chi connectivity index (χ0v) is 17.9. The number of anilines is 4. The summed E-state index contributed by atoms with van der Waals surface area (Å²) >= 11 is 6.10. The van der Waals surface area contributed by atoms with E-state index in [4.69, 9.17) is 16.3 Å². The number of nitrogens with zero attached hydrogens (tertiary/aromatic N) is 2. The smallest absolute Gasteiger partial charge is 0.243 e. The topological polar surface area (TPSA) is 105 Å². The van der Waals surface area contributed by atoms with E-state index in [-0.39, 0.29) is 22.4 Å². The van der Waals surface area contributed by atoms with Crippen LogP contribution in [0.3, 0.4) is 0 Å². The van der Waals surface area contributed by atoms with Crippen LogP contribution in [0.1, 0.15) is 5.56 Å². The molecule has 0 atom stereocenters. The normalized spacial score (nSPS) is 11.2. The van der Waals surface area contributed by atoms with E-state index in [1.165, 1.54) is 32.4 Å². The molecule has 0 aliphatic carbocycles. The highest BCUT2D eigenvalue weighted by Crippen LogP contribution is 2.29. The average molecular weight is 452 g/mol. The Labute approximate surface area is 178 Å². The summed E-state index contributed by atoms with van der Waals surface area (Å²) in [5.41, 5.74) is 1.92. The van der Waals surface area contributed by atoms with E-state index < -0.39 is 15.8 Å². The highest BCUT2D eigenvalue weighted by atomic mass is 35.5. The van der Waals surface area contributed by atoms with Crippen LogP contribution in [0.2, 0.25) is 5.02 Å². The van der Waals surface area contributed by atoms with Gasteiger partial charge in [-0.3, -0.25) is 0 Å². The molecule has 0 amide bonds. The number of rotatable bonds is 7. The molecule has 2 aromatic carbocycles. The van der Waals surface area contributed by atoms with Gasteiger partial charge in [0.15, 0.2) is 11.6 Å². The monoisotopic (exact) mass is 451 g/mol. The lowest BCUT2D eigenvalue weighted by molar-refractivity contribution is 0.402. The summed E-state index contributed by atoms with van der Waals surface area (Å²) in [6.45, 7) is 1.86. The lowest BCUT2D eigenvalue weighted by atomic mass is 10.2. The standard InChI is InChI=1S/C19H19ClFN5O3S/c1-11-4-5-12(8-14(11)20)24-18-15(21)10-23-19(26-18)25-13-6-7-17(16(9-13)29-3)30(27,28)22-2/h4-10,22H,1-3H3,(H2,23,24,25,26). The summed E-state index contributed by atoms with van der Waals surface area (Å²) in [6, 6.07) is 9.59. The molecule has 3 N–H and O–H groups in total. The second-order valence-corrected chi connectivity index (χ2v) is 8.44. The average Bonchev–Trinajstić information content (AvgIpc) is 2.73. The van der Waals surface area contributed by atoms with Gasteiger partial charge in [-0.1, -0.05) is 17.7 Å². The number of hydrogen-bond acceptors (Lipinski definition) is 7. The number of hydrogen-bond donors (Lipinski definition) is 3. The van der Waals surface area contributed by atoms with E-state index in [0.717, 1.165) is 11.8 Å². The third-order valence-electron chi connectivity index (χ3n) is 4.16. The van der Waals surface area contributed by atoms with E-state index in [1.807, 2.05) is 6.92 Å². The van der Waals surface area contributed by atoms with Crippen molar-refractivity contribution in [2.45, 2.75) is 11.8 Å². The van der Waals surface area contributed by atoms with Gasteiger partial charge in [-0.15, -0.1) is 0 Å². The molecule has 0 bridgehead atoms. The fourth-order valence-corrected chi connectivity index (χ4v) is 3.58. The summed E-state index contributed by atoms with van der Waals surface area (Å²) in [6.07, 6.45) is 1.02. The van der Waals surface area contributed by atoms with Crippen molar-refractivity contribution >= 4 is 44.8 Å². The van der Waals surface area contributed by atoms with Gasteiger partial charge in [0.25, 0.3) is 0 Å². The van der Waals surface area contributed by atoms with Gasteiger partial charge in [0, 0.05) is 22.5 Å². The molecule has 0 radical (unpaired) electrons. The lowest BCUT2D eigenvalue weighted by Crippen LogP contribution is -2.19. The van der Waals surface area contributed by atoms with Gasteiger partial charge in [0.1, 0.15) is 10.6 Å². The van der Waals surface area contributed by atoms with Crippen LogP contribution < -0.4 is 20.1 Å². The van der Waals surface area contributed by atoms with Crippen molar-refractivity contribution in [3.05, 3.63) is 59.0 Å². The molecule has 0 saturated carbocycles. The number of ether oxygens (including phenoxy) is 1. The fourth-order valence-electron chi connectivity index (χ4n) is 2.53. The van der Waals surface area contributed by atoms with Crippen LogP contribution in [0.4, 0.5) is 27.5 Å². The quantitative estimate of drug-likeness (QED) is 0.499. The molecule has 0 unspecified atom stereocenters. The number of sulfonamides is 1. The fraction of sp³-hybridized carbons (Fsp3) is 0.158. The maximum Gasteiger partial charge on any atom is 0.243 e. The first-order valence-electron chi connectivity index (χ1n) is 8.68. The molecular formula is C19H19ClFN5O3S. The molecule has 0 aliphatic rings. The van der Waals surface area contributed by atoms with Crippen LogP contribution in [0.5, 0.6) is 5.75 Å². The summed E-state index contributed by atoms with van der Waals surface area (Å²) < 4.78 is 45.7. The zero-order valence-electron chi connectivity index (χ0n) is 16.3. The van der Waals surface area contributed by atoms with Crippen LogP contribution in [-0.4, -0.2) is 32.5 Å². The van der Waals surface area contributed by atoms with Gasteiger partial charge in [-0.25, -0.2) is 22.5 Å². The van der Waals surface area contributed by atoms with Gasteiger partial charge < -0.3 is 15.4 Å². The molecule has 0 aliphatic heterocycles. The Kier molecular flexibility index (Phi) is 6.40. The van der Waals surface area contributed by atoms with Crippen molar-refractivity contribution in [3.8, 4) is 5.75 Å². The molecule has 158 valence electrons. The number of benzene rings is 2. The summed E-state index contributed by atoms with van der Waals surface area (Å²) in [5, 5.41) is 6.30. The Balaban J connectivity index is 1.87. The summed E-state index contributed by atoms with van der Waals surface area (Å²) in [7, 11) is -1.02. The zero-order chi connectivity index (χ0) is 21.9. The van der Waals surface area contributed by atoms with Crippen molar-refractivity contribution in [2.24, 2.45) is 0 Å². The van der Waals surface area contributed by atoms with Gasteiger partial charge in [-0.05, 0) is 43.8 Å². The van der Waals surface area contributed by atoms with Gasteiger partial charge in [0.2, 0.25) is 16.0 Å². The molecule has 0 fully saturated rings. The highest BCUT2D eigenvalue weighted by Gasteiger charge is 2.18. The number of methoxy groups -OCH3 is 1. The minimum atomic E-state index is -3.69. The number of halogens is 2. The van der Waals surface area contributed by atoms with E-state index in [2.05, 4.69) is 25.3 Å². The van der Waals surface area contributed by atoms with Crippen LogP contribution in [0.15, 0.2) is 47.5 Å². The predicted octanol–water partition coefficient (Wildman–Crippen LogP) is 3.98. The minimum absolute atomic E-state index is 0.0170. The Bertz CT molecular complexity index is 1190. The van der Waals surface area contributed by atoms with Crippen molar-refractivity contribution in [2.75, 3.05) is 24.8 Å². The van der Waals surface area contributed by atoms with Gasteiger partial charge >= 0.3 is 0 Å². The molecule has 11 heteroatoms. The highest BCUT2D eigenvalue weighted by molar-refractivity contribution is 7.89. The number of nitrogens with one attached hydrogen (secondary N) is 3. The van der Waals surface area contributed by atoms with Crippen LogP contribution in [0, 0.1) is 12.7 Å². The van der Waals surface area contributed by atoms with Crippen LogP contribution in [-0.2, 0) is 10.0 Å². The molecule has 0 saturated heterocycles. The minimum Gasteiger partial charge on any atom is -0.495 e. The second kappa shape index (κ2) is 8.82. The molecule has 30 heavy (non-hydrogen) atoms. The molecule has 3 aromatic rings. The maximum absolute atomic E-state index is 14.2. The van der Waals surface area contributed by atoms with Crippen molar-refractivity contribution in [1.82, 2.24) is 14.7 Å². The lowest BCUT2D eigenvalue weighted by Gasteiger charge is -2.13. The van der Waals surface area contributed by atoms with Crippen LogP contribution >= 0.6 is 11.6 Å². The first kappa shape index (κ1) is 21.8. The molecular weight excluding hydrogens is 433 g/mol. The van der Waals surface area contributed by atoms with Crippen LogP contribution in [0.25, 0.3) is 0 Å². The molecule has 0 spiro atoms. The summed E-state index contributed by atoms with van der Waals surface area (Å²) in [4.78, 5) is 8.03. The Hall–Kier alpha value is -2.95. The first-order chi connectivity index (χ1) is 14.2. The van der Waals surface area contributed by atoms with E-state index in [9.17, 15) is 12.8 Å². The molecule has 1 heterocycles. The SMILES string of the molecule is CNS(=O)(=O)c1ccc(Nc2ncc(F)c(Nc3ccc(C)c(Cl)c3)n2)cc1OC. The third kappa shape index (κ3) is 4.78. The predicted molar refractivity (Wildman–Crippen MR) is 114 cm³/mol. The summed E-state index contributed by atoms with van der Waals surface area (Å²) in [5.74, 6) is -0.466. The van der Waals surface area contributed by atoms with E-state index in [1.54, 1.807) is 18.2 Å². The largest absolute Gasteiger partial charge is 0.495 e. The molecule has 1 aromatic heterocycles. The number of aromatic nitrogens is 2. The molecule has 3 rings (SSSR count). The van der Waals surface area contributed by atoms with Crippen molar-refractivity contribution in [1.29, 1.82) is 0 Å². The van der Waals surface area contributed by atoms with Gasteiger partial charge in [0.05, 0.1) is 13.3 Å². The van der Waals surface area contributed by atoms with Crippen molar-refractivity contribution < 1.29 is 17.5 Å². The van der Waals surface area contributed by atoms with Gasteiger partial charge in [-0.2, -0.15) is 4.98 Å². The van der Waals surface area contributed by atoms with E-state index in [0.29, 0.717) is 16.4 Å².